The molecule has 4 nitrogen and oxygen atoms in total. The normalized spacial score (nSPS) is 10.7. The van der Waals surface area contributed by atoms with Gasteiger partial charge in [0, 0.05) is 22.1 Å². The minimum absolute atomic E-state index is 0.296. The molecule has 0 aliphatic heterocycles. The molecule has 1 aromatic carbocycles. The second-order valence-corrected chi connectivity index (χ2v) is 3.80. The van der Waals surface area contributed by atoms with Gasteiger partial charge in [0.25, 0.3) is 0 Å². The molecule has 0 saturated carbocycles. The molecule has 0 bridgehead atoms. The summed E-state index contributed by atoms with van der Waals surface area (Å²) < 4.78 is 0.938. The topological polar surface area (TPSA) is 71.8 Å². The lowest BCUT2D eigenvalue weighted by molar-refractivity contribution is 0.960. The van der Waals surface area contributed by atoms with Gasteiger partial charge in [0.05, 0.1) is 5.52 Å². The fraction of sp³-hybridized carbons (Fsp3) is 0.111. The summed E-state index contributed by atoms with van der Waals surface area (Å²) in [4.78, 5) is 17.6. The van der Waals surface area contributed by atoms with Crippen LogP contribution in [0.15, 0.2) is 27.5 Å². The molecule has 0 unspecified atom stereocenters. The van der Waals surface area contributed by atoms with Gasteiger partial charge in [-0.05, 0) is 18.2 Å². The van der Waals surface area contributed by atoms with Gasteiger partial charge < -0.3 is 10.7 Å². The third-order valence-electron chi connectivity index (χ3n) is 1.97. The van der Waals surface area contributed by atoms with E-state index in [1.54, 1.807) is 6.07 Å². The number of hydrogen-bond acceptors (Lipinski definition) is 3. The Morgan fingerprint density at radius 1 is 1.50 bits per heavy atom. The molecule has 0 fully saturated rings. The van der Waals surface area contributed by atoms with Crippen LogP contribution < -0.4 is 11.4 Å². The Hall–Kier alpha value is -1.20. The third-order valence-corrected chi connectivity index (χ3v) is 2.46. The number of nitrogens with two attached hydrogens (primary N) is 1. The summed E-state index contributed by atoms with van der Waals surface area (Å²) in [5.41, 5.74) is 6.53. The molecule has 0 spiro atoms. The molecule has 0 amide bonds. The van der Waals surface area contributed by atoms with Crippen molar-refractivity contribution >= 4 is 26.8 Å². The van der Waals surface area contributed by atoms with Crippen LogP contribution in [-0.2, 0) is 6.54 Å². The minimum atomic E-state index is -0.361. The van der Waals surface area contributed by atoms with E-state index < -0.39 is 0 Å². The number of aromatic amines is 1. The van der Waals surface area contributed by atoms with E-state index in [2.05, 4.69) is 25.9 Å². The van der Waals surface area contributed by atoms with Gasteiger partial charge in [-0.2, -0.15) is 4.98 Å². The Kier molecular flexibility index (Phi) is 2.35. The zero-order valence-corrected chi connectivity index (χ0v) is 8.84. The van der Waals surface area contributed by atoms with Crippen molar-refractivity contribution in [3.05, 3.63) is 38.9 Å². The average molecular weight is 254 g/mol. The Labute approximate surface area is 88.3 Å². The van der Waals surface area contributed by atoms with Crippen molar-refractivity contribution in [1.82, 2.24) is 9.97 Å². The molecule has 2 rings (SSSR count). The molecule has 0 saturated heterocycles. The van der Waals surface area contributed by atoms with E-state index in [1.807, 2.05) is 12.1 Å². The van der Waals surface area contributed by atoms with Crippen molar-refractivity contribution in [2.75, 3.05) is 0 Å². The predicted molar refractivity (Wildman–Crippen MR) is 58.0 cm³/mol. The van der Waals surface area contributed by atoms with Crippen LogP contribution in [0.1, 0.15) is 5.69 Å². The molecule has 3 N–H and O–H groups in total. The Bertz CT molecular complexity index is 535. The zero-order chi connectivity index (χ0) is 10.1. The molecule has 2 aromatic rings. The Morgan fingerprint density at radius 2 is 2.29 bits per heavy atom. The molecule has 0 aliphatic carbocycles. The largest absolute Gasteiger partial charge is 0.345 e. The smallest absolute Gasteiger partial charge is 0.325 e. The first-order valence-corrected chi connectivity index (χ1v) is 4.88. The predicted octanol–water partition coefficient (Wildman–Crippen LogP) is 1.14. The monoisotopic (exact) mass is 253 g/mol. The molecule has 0 aliphatic rings. The van der Waals surface area contributed by atoms with Gasteiger partial charge in [-0.3, -0.25) is 0 Å². The summed E-state index contributed by atoms with van der Waals surface area (Å²) >= 11 is 3.35. The molecular formula is C9H8BrN3O. The molecule has 1 heterocycles. The zero-order valence-electron chi connectivity index (χ0n) is 7.25. The fourth-order valence-electron chi connectivity index (χ4n) is 1.34. The Balaban J connectivity index is 2.88. The lowest BCUT2D eigenvalue weighted by atomic mass is 10.2. The standard InChI is InChI=1S/C9H8BrN3O/c10-5-1-2-7-6(3-5)8(4-11)13-9(14)12-7/h1-3H,4,11H2,(H,12,13,14). The number of benzene rings is 1. The second-order valence-electron chi connectivity index (χ2n) is 2.89. The number of rotatable bonds is 1. The minimum Gasteiger partial charge on any atom is -0.325 e. The van der Waals surface area contributed by atoms with Gasteiger partial charge in [0.2, 0.25) is 0 Å². The SMILES string of the molecule is NCc1[nH]c(=O)nc2ccc(Br)cc12. The van der Waals surface area contributed by atoms with Gasteiger partial charge in [-0.1, -0.05) is 15.9 Å². The van der Waals surface area contributed by atoms with Crippen molar-refractivity contribution in [1.29, 1.82) is 0 Å². The van der Waals surface area contributed by atoms with Crippen molar-refractivity contribution < 1.29 is 0 Å². The average Bonchev–Trinajstić information content (AvgIpc) is 2.17. The summed E-state index contributed by atoms with van der Waals surface area (Å²) in [5, 5.41) is 0.876. The Morgan fingerprint density at radius 3 is 3.00 bits per heavy atom. The van der Waals surface area contributed by atoms with Gasteiger partial charge in [0.1, 0.15) is 0 Å². The molecule has 0 atom stereocenters. The highest BCUT2D eigenvalue weighted by molar-refractivity contribution is 9.10. The number of fused-ring (bicyclic) bond motifs is 1. The first kappa shape index (κ1) is 9.36. The number of aromatic nitrogens is 2. The van der Waals surface area contributed by atoms with Gasteiger partial charge in [0.15, 0.2) is 0 Å². The van der Waals surface area contributed by atoms with Crippen molar-refractivity contribution in [2.45, 2.75) is 6.54 Å². The highest BCUT2D eigenvalue weighted by Gasteiger charge is 2.03. The van der Waals surface area contributed by atoms with Crippen LogP contribution in [0.25, 0.3) is 10.9 Å². The maximum atomic E-state index is 11.1. The van der Waals surface area contributed by atoms with Crippen molar-refractivity contribution in [3.63, 3.8) is 0 Å². The van der Waals surface area contributed by atoms with E-state index in [-0.39, 0.29) is 5.69 Å². The fourth-order valence-corrected chi connectivity index (χ4v) is 1.70. The number of H-pyrrole nitrogens is 1. The molecule has 0 radical (unpaired) electrons. The number of nitrogens with zero attached hydrogens (tertiary/aromatic N) is 1. The molecular weight excluding hydrogens is 246 g/mol. The van der Waals surface area contributed by atoms with E-state index in [4.69, 9.17) is 5.73 Å². The number of halogens is 1. The van der Waals surface area contributed by atoms with Crippen LogP contribution in [0.2, 0.25) is 0 Å². The van der Waals surface area contributed by atoms with Gasteiger partial charge >= 0.3 is 5.69 Å². The van der Waals surface area contributed by atoms with E-state index >= 15 is 0 Å². The van der Waals surface area contributed by atoms with E-state index in [9.17, 15) is 4.79 Å². The third kappa shape index (κ3) is 1.56. The highest BCUT2D eigenvalue weighted by Crippen LogP contribution is 2.18. The maximum absolute atomic E-state index is 11.1. The van der Waals surface area contributed by atoms with E-state index in [0.29, 0.717) is 17.8 Å². The van der Waals surface area contributed by atoms with E-state index in [0.717, 1.165) is 9.86 Å². The van der Waals surface area contributed by atoms with Crippen LogP contribution in [0, 0.1) is 0 Å². The van der Waals surface area contributed by atoms with Gasteiger partial charge in [-0.25, -0.2) is 4.79 Å². The van der Waals surface area contributed by atoms with Crippen molar-refractivity contribution in [2.24, 2.45) is 5.73 Å². The molecule has 72 valence electrons. The van der Waals surface area contributed by atoms with Crippen LogP contribution in [0.5, 0.6) is 0 Å². The van der Waals surface area contributed by atoms with E-state index in [1.165, 1.54) is 0 Å². The first-order chi connectivity index (χ1) is 6.70. The number of nitrogens with one attached hydrogen (secondary N) is 1. The molecule has 1 aromatic heterocycles. The molecule has 14 heavy (non-hydrogen) atoms. The lowest BCUT2D eigenvalue weighted by Gasteiger charge is -2.02. The molecule has 5 heteroatoms. The summed E-state index contributed by atoms with van der Waals surface area (Å²) in [7, 11) is 0. The summed E-state index contributed by atoms with van der Waals surface area (Å²) in [5.74, 6) is 0. The summed E-state index contributed by atoms with van der Waals surface area (Å²) in [6, 6.07) is 5.52. The van der Waals surface area contributed by atoms with Gasteiger partial charge in [-0.15, -0.1) is 0 Å². The summed E-state index contributed by atoms with van der Waals surface area (Å²) in [6.07, 6.45) is 0. The second kappa shape index (κ2) is 3.51. The number of hydrogen-bond donors (Lipinski definition) is 2. The highest BCUT2D eigenvalue weighted by atomic mass is 79.9. The first-order valence-electron chi connectivity index (χ1n) is 4.09. The van der Waals surface area contributed by atoms with Crippen LogP contribution in [0.3, 0.4) is 0 Å². The van der Waals surface area contributed by atoms with Crippen LogP contribution in [-0.4, -0.2) is 9.97 Å². The van der Waals surface area contributed by atoms with Crippen LogP contribution in [0.4, 0.5) is 0 Å². The summed E-state index contributed by atoms with van der Waals surface area (Å²) in [6.45, 7) is 0.296. The van der Waals surface area contributed by atoms with Crippen LogP contribution >= 0.6 is 15.9 Å². The lowest BCUT2D eigenvalue weighted by Crippen LogP contribution is -2.15. The van der Waals surface area contributed by atoms with Crippen molar-refractivity contribution in [3.8, 4) is 0 Å². The maximum Gasteiger partial charge on any atom is 0.345 e. The quantitative estimate of drug-likeness (QED) is 0.801.